The van der Waals surface area contributed by atoms with E-state index in [0.29, 0.717) is 18.5 Å². The highest BCUT2D eigenvalue weighted by Crippen LogP contribution is 2.30. The topological polar surface area (TPSA) is 87.7 Å². The molecule has 4 rings (SSSR count). The Hall–Kier alpha value is -2.41. The molecule has 0 bridgehead atoms. The maximum absolute atomic E-state index is 12.6. The van der Waals surface area contributed by atoms with E-state index in [2.05, 4.69) is 10.6 Å². The summed E-state index contributed by atoms with van der Waals surface area (Å²) < 4.78 is 5.94. The van der Waals surface area contributed by atoms with E-state index in [1.807, 2.05) is 12.1 Å². The average Bonchev–Trinajstić information content (AvgIpc) is 3.16. The van der Waals surface area contributed by atoms with Crippen molar-refractivity contribution in [1.29, 1.82) is 0 Å². The van der Waals surface area contributed by atoms with Crippen molar-refractivity contribution >= 4 is 17.7 Å². The van der Waals surface area contributed by atoms with Crippen molar-refractivity contribution in [3.8, 4) is 5.75 Å². The van der Waals surface area contributed by atoms with Crippen molar-refractivity contribution in [3.05, 3.63) is 29.3 Å². The lowest BCUT2D eigenvalue weighted by atomic mass is 10.0. The summed E-state index contributed by atoms with van der Waals surface area (Å²) in [6.07, 6.45) is 1.77. The molecule has 2 atom stereocenters. The lowest BCUT2D eigenvalue weighted by Gasteiger charge is -2.29. The summed E-state index contributed by atoms with van der Waals surface area (Å²) in [6.45, 7) is 2.16. The number of rotatable bonds is 3. The van der Waals surface area contributed by atoms with Crippen LogP contribution in [0.4, 0.5) is 0 Å². The van der Waals surface area contributed by atoms with E-state index in [4.69, 9.17) is 4.74 Å². The zero-order chi connectivity index (χ0) is 16.7. The molecule has 0 radical (unpaired) electrons. The smallest absolute Gasteiger partial charge is 0.255 e. The van der Waals surface area contributed by atoms with Crippen LogP contribution in [0, 0.1) is 0 Å². The highest BCUT2D eigenvalue weighted by Gasteiger charge is 2.39. The number of nitrogens with one attached hydrogen (secondary N) is 2. The Bertz CT molecular complexity index is 712. The molecule has 2 N–H and O–H groups in total. The van der Waals surface area contributed by atoms with Crippen molar-refractivity contribution in [2.24, 2.45) is 0 Å². The molecule has 2 unspecified atom stereocenters. The number of hydrogen-bond acceptors (Lipinski definition) is 5. The van der Waals surface area contributed by atoms with Gasteiger partial charge in [0.05, 0.1) is 0 Å². The van der Waals surface area contributed by atoms with Crippen LogP contribution >= 0.6 is 0 Å². The number of nitrogens with zero attached hydrogens (tertiary/aromatic N) is 1. The summed E-state index contributed by atoms with van der Waals surface area (Å²) in [6, 6.07) is 4.88. The molecule has 24 heavy (non-hydrogen) atoms. The Morgan fingerprint density at radius 2 is 2.04 bits per heavy atom. The number of carbonyl (C=O) groups excluding carboxylic acids is 3. The van der Waals surface area contributed by atoms with Gasteiger partial charge < -0.3 is 15.0 Å². The van der Waals surface area contributed by atoms with E-state index >= 15 is 0 Å². The molecule has 7 heteroatoms. The minimum atomic E-state index is -0.578. The Morgan fingerprint density at radius 3 is 2.79 bits per heavy atom. The van der Waals surface area contributed by atoms with Crippen LogP contribution < -0.4 is 15.4 Å². The van der Waals surface area contributed by atoms with Crippen LogP contribution in [0.2, 0.25) is 0 Å². The number of ether oxygens (including phenoxy) is 1. The first-order chi connectivity index (χ1) is 11.6. The molecule has 0 aliphatic carbocycles. The van der Waals surface area contributed by atoms with E-state index in [0.717, 1.165) is 30.8 Å². The molecule has 2 fully saturated rings. The second-order valence-electron chi connectivity index (χ2n) is 6.45. The van der Waals surface area contributed by atoms with Gasteiger partial charge in [-0.25, -0.2) is 0 Å². The van der Waals surface area contributed by atoms with Gasteiger partial charge >= 0.3 is 0 Å². The van der Waals surface area contributed by atoms with Gasteiger partial charge in [0.2, 0.25) is 11.8 Å². The molecule has 3 amide bonds. The third kappa shape index (κ3) is 2.65. The normalized spacial score (nSPS) is 26.5. The molecule has 126 valence electrons. The molecule has 3 aliphatic rings. The number of carbonyl (C=O) groups is 3. The summed E-state index contributed by atoms with van der Waals surface area (Å²) in [5, 5.41) is 5.56. The van der Waals surface area contributed by atoms with Gasteiger partial charge in [0.15, 0.2) is 0 Å². The zero-order valence-electron chi connectivity index (χ0n) is 13.2. The van der Waals surface area contributed by atoms with E-state index in [1.54, 1.807) is 11.0 Å². The van der Waals surface area contributed by atoms with Crippen LogP contribution in [0.1, 0.15) is 35.2 Å². The van der Waals surface area contributed by atoms with Gasteiger partial charge in [-0.15, -0.1) is 0 Å². The van der Waals surface area contributed by atoms with Crippen molar-refractivity contribution in [1.82, 2.24) is 15.5 Å². The van der Waals surface area contributed by atoms with Gasteiger partial charge in [0.1, 0.15) is 17.9 Å². The SMILES string of the molecule is O=C1CCC(N2Cc3cc(OC4CCNC4)ccc3C2=O)C(=O)N1. The molecule has 3 aliphatic heterocycles. The zero-order valence-corrected chi connectivity index (χ0v) is 13.2. The van der Waals surface area contributed by atoms with Crippen LogP contribution in [0.15, 0.2) is 18.2 Å². The van der Waals surface area contributed by atoms with Gasteiger partial charge in [-0.05, 0) is 43.1 Å². The summed E-state index contributed by atoms with van der Waals surface area (Å²) >= 11 is 0. The van der Waals surface area contributed by atoms with Gasteiger partial charge in [-0.2, -0.15) is 0 Å². The van der Waals surface area contributed by atoms with Crippen LogP contribution in [-0.2, 0) is 16.1 Å². The first-order valence-corrected chi connectivity index (χ1v) is 8.27. The fraction of sp³-hybridized carbons (Fsp3) is 0.471. The lowest BCUT2D eigenvalue weighted by Crippen LogP contribution is -2.52. The van der Waals surface area contributed by atoms with Crippen LogP contribution in [0.5, 0.6) is 5.75 Å². The molecular formula is C17H19N3O4. The van der Waals surface area contributed by atoms with Crippen LogP contribution in [0.3, 0.4) is 0 Å². The molecule has 2 saturated heterocycles. The van der Waals surface area contributed by atoms with Gasteiger partial charge in [-0.1, -0.05) is 0 Å². The summed E-state index contributed by atoms with van der Waals surface area (Å²) in [5.74, 6) is -0.0730. The van der Waals surface area contributed by atoms with Crippen molar-refractivity contribution < 1.29 is 19.1 Å². The quantitative estimate of drug-likeness (QED) is 0.773. The number of imide groups is 1. The maximum Gasteiger partial charge on any atom is 0.255 e. The third-order valence-corrected chi connectivity index (χ3v) is 4.81. The highest BCUT2D eigenvalue weighted by molar-refractivity contribution is 6.05. The first kappa shape index (κ1) is 15.1. The predicted molar refractivity (Wildman–Crippen MR) is 84.4 cm³/mol. The number of piperidine rings is 1. The highest BCUT2D eigenvalue weighted by atomic mass is 16.5. The van der Waals surface area contributed by atoms with Gasteiger partial charge in [0, 0.05) is 25.1 Å². The van der Waals surface area contributed by atoms with E-state index in [1.165, 1.54) is 0 Å². The second kappa shape index (κ2) is 5.90. The summed E-state index contributed by atoms with van der Waals surface area (Å²) in [7, 11) is 0. The van der Waals surface area contributed by atoms with Crippen LogP contribution in [0.25, 0.3) is 0 Å². The molecule has 0 spiro atoms. The summed E-state index contributed by atoms with van der Waals surface area (Å²) in [4.78, 5) is 37.5. The third-order valence-electron chi connectivity index (χ3n) is 4.81. The number of fused-ring (bicyclic) bond motifs is 1. The average molecular weight is 329 g/mol. The standard InChI is InChI=1S/C17H19N3O4/c21-15-4-3-14(16(22)19-15)20-9-10-7-11(1-2-13(10)17(20)23)24-12-5-6-18-8-12/h1-2,7,12,14,18H,3-6,8-9H2,(H,19,21,22). The largest absolute Gasteiger partial charge is 0.489 e. The minimum Gasteiger partial charge on any atom is -0.489 e. The lowest BCUT2D eigenvalue weighted by molar-refractivity contribution is -0.136. The molecule has 7 nitrogen and oxygen atoms in total. The van der Waals surface area contributed by atoms with E-state index in [9.17, 15) is 14.4 Å². The monoisotopic (exact) mass is 329 g/mol. The molecule has 1 aromatic rings. The van der Waals surface area contributed by atoms with Crippen molar-refractivity contribution in [2.45, 2.75) is 38.0 Å². The van der Waals surface area contributed by atoms with Crippen molar-refractivity contribution in [2.75, 3.05) is 13.1 Å². The van der Waals surface area contributed by atoms with E-state index < -0.39 is 6.04 Å². The fourth-order valence-corrected chi connectivity index (χ4v) is 3.55. The summed E-state index contributed by atoms with van der Waals surface area (Å²) in [5.41, 5.74) is 1.48. The number of benzene rings is 1. The second-order valence-corrected chi connectivity index (χ2v) is 6.45. The molecule has 0 aromatic heterocycles. The molecular weight excluding hydrogens is 310 g/mol. The molecule has 1 aromatic carbocycles. The Kier molecular flexibility index (Phi) is 3.72. The molecule has 3 heterocycles. The maximum atomic E-state index is 12.6. The number of hydrogen-bond donors (Lipinski definition) is 2. The first-order valence-electron chi connectivity index (χ1n) is 8.27. The Morgan fingerprint density at radius 1 is 1.17 bits per heavy atom. The van der Waals surface area contributed by atoms with Gasteiger partial charge in [0.25, 0.3) is 5.91 Å². The Balaban J connectivity index is 1.51. The van der Waals surface area contributed by atoms with Crippen molar-refractivity contribution in [3.63, 3.8) is 0 Å². The van der Waals surface area contributed by atoms with Gasteiger partial charge in [-0.3, -0.25) is 19.7 Å². The Labute approximate surface area is 139 Å². The predicted octanol–water partition coefficient (Wildman–Crippen LogP) is 0.188. The van der Waals surface area contributed by atoms with E-state index in [-0.39, 0.29) is 30.2 Å². The molecule has 0 saturated carbocycles. The minimum absolute atomic E-state index is 0.159. The van der Waals surface area contributed by atoms with Crippen LogP contribution in [-0.4, -0.2) is 47.9 Å². The fourth-order valence-electron chi connectivity index (χ4n) is 3.55. The number of amides is 3.